The van der Waals surface area contributed by atoms with Crippen LogP contribution in [-0.4, -0.2) is 88.2 Å². The highest BCUT2D eigenvalue weighted by Gasteiger charge is 2.21. The summed E-state index contributed by atoms with van der Waals surface area (Å²) >= 11 is 0. The number of guanidine groups is 1. The Bertz CT molecular complexity index is 664. The second-order valence-electron chi connectivity index (χ2n) is 6.54. The molecule has 0 radical (unpaired) electrons. The molecule has 1 aromatic carbocycles. The molecule has 1 aliphatic heterocycles. The molecule has 0 unspecified atom stereocenters. The van der Waals surface area contributed by atoms with Crippen LogP contribution in [0, 0.1) is 11.6 Å². The molecule has 0 saturated carbocycles. The van der Waals surface area contributed by atoms with Crippen molar-refractivity contribution >= 4 is 11.9 Å². The van der Waals surface area contributed by atoms with Crippen LogP contribution in [0.25, 0.3) is 0 Å². The van der Waals surface area contributed by atoms with Gasteiger partial charge < -0.3 is 20.3 Å². The van der Waals surface area contributed by atoms with E-state index in [0.29, 0.717) is 38.2 Å². The summed E-state index contributed by atoms with van der Waals surface area (Å²) in [5.41, 5.74) is 0.340. The van der Waals surface area contributed by atoms with E-state index < -0.39 is 11.6 Å². The van der Waals surface area contributed by atoms with Crippen molar-refractivity contribution in [2.45, 2.75) is 6.42 Å². The van der Waals surface area contributed by atoms with Gasteiger partial charge in [0.05, 0.1) is 13.2 Å². The molecule has 28 heavy (non-hydrogen) atoms. The molecule has 1 aliphatic rings. The quantitative estimate of drug-likeness (QED) is 0.379. The smallest absolute Gasteiger partial charge is 0.234 e. The van der Waals surface area contributed by atoms with Gasteiger partial charge in [-0.05, 0) is 18.1 Å². The molecule has 2 rings (SSSR count). The number of benzene rings is 1. The van der Waals surface area contributed by atoms with Crippen molar-refractivity contribution in [2.24, 2.45) is 4.99 Å². The number of nitrogens with zero attached hydrogens (tertiary/aromatic N) is 3. The lowest BCUT2D eigenvalue weighted by atomic mass is 10.1. The van der Waals surface area contributed by atoms with E-state index in [1.165, 1.54) is 6.07 Å². The summed E-state index contributed by atoms with van der Waals surface area (Å²) in [7, 11) is 3.29. The fraction of sp³-hybridized carbons (Fsp3) is 0.579. The largest absolute Gasteiger partial charge is 0.383 e. The minimum Gasteiger partial charge on any atom is -0.383 e. The summed E-state index contributed by atoms with van der Waals surface area (Å²) in [6.07, 6.45) is 0.365. The monoisotopic (exact) mass is 397 g/mol. The third kappa shape index (κ3) is 6.72. The first-order valence-electron chi connectivity index (χ1n) is 9.41. The molecule has 156 valence electrons. The molecule has 1 heterocycles. The maximum atomic E-state index is 13.7. The molecular weight excluding hydrogens is 368 g/mol. The number of ether oxygens (including phenoxy) is 1. The third-order valence-electron chi connectivity index (χ3n) is 4.59. The second-order valence-corrected chi connectivity index (χ2v) is 6.54. The summed E-state index contributed by atoms with van der Waals surface area (Å²) in [5, 5.41) is 6.01. The number of methoxy groups -OCH3 is 1. The Balaban J connectivity index is 1.73. The van der Waals surface area contributed by atoms with Crippen molar-refractivity contribution in [1.82, 2.24) is 20.4 Å². The van der Waals surface area contributed by atoms with Gasteiger partial charge in [0.15, 0.2) is 17.6 Å². The number of hydrogen-bond acceptors (Lipinski definition) is 4. The number of halogens is 2. The number of amides is 1. The van der Waals surface area contributed by atoms with Gasteiger partial charge in [0.1, 0.15) is 0 Å². The topological polar surface area (TPSA) is 69.2 Å². The number of carbonyl (C=O) groups excluding carboxylic acids is 1. The first kappa shape index (κ1) is 22.0. The van der Waals surface area contributed by atoms with Crippen LogP contribution in [0.4, 0.5) is 8.78 Å². The molecule has 1 amide bonds. The number of hydrogen-bond donors (Lipinski definition) is 2. The minimum atomic E-state index is -0.829. The molecular formula is C19H29F2N5O2. The van der Waals surface area contributed by atoms with Crippen LogP contribution in [-0.2, 0) is 16.0 Å². The van der Waals surface area contributed by atoms with Gasteiger partial charge in [0.2, 0.25) is 5.91 Å². The molecule has 1 saturated heterocycles. The van der Waals surface area contributed by atoms with Crippen LogP contribution >= 0.6 is 0 Å². The first-order valence-corrected chi connectivity index (χ1v) is 9.41. The van der Waals surface area contributed by atoms with Crippen molar-refractivity contribution in [2.75, 3.05) is 66.6 Å². The van der Waals surface area contributed by atoms with Gasteiger partial charge in [-0.25, -0.2) is 8.78 Å². The molecule has 0 aromatic heterocycles. The standard InChI is InChI=1S/C19H29F2N5O2/c1-22-19(24-7-6-15-4-3-5-16(20)18(15)21)26-11-9-25(10-12-26)14-17(27)23-8-13-28-2/h3-5H,6-14H2,1-2H3,(H,22,24)(H,23,27). The molecule has 2 N–H and O–H groups in total. The Kier molecular flexibility index (Phi) is 9.09. The summed E-state index contributed by atoms with van der Waals surface area (Å²) in [5.74, 6) is -0.910. The Labute approximate surface area is 164 Å². The van der Waals surface area contributed by atoms with Crippen molar-refractivity contribution in [1.29, 1.82) is 0 Å². The average molecular weight is 397 g/mol. The summed E-state index contributed by atoms with van der Waals surface area (Å²) < 4.78 is 31.9. The third-order valence-corrected chi connectivity index (χ3v) is 4.59. The fourth-order valence-electron chi connectivity index (χ4n) is 3.05. The van der Waals surface area contributed by atoms with E-state index in [9.17, 15) is 13.6 Å². The van der Waals surface area contributed by atoms with Gasteiger partial charge in [-0.1, -0.05) is 12.1 Å². The Hall–Kier alpha value is -2.26. The zero-order valence-corrected chi connectivity index (χ0v) is 16.5. The first-order chi connectivity index (χ1) is 13.5. The second kappa shape index (κ2) is 11.6. The number of nitrogens with one attached hydrogen (secondary N) is 2. The van der Waals surface area contributed by atoms with E-state index in [0.717, 1.165) is 38.2 Å². The highest BCUT2D eigenvalue weighted by molar-refractivity contribution is 5.80. The van der Waals surface area contributed by atoms with Crippen LogP contribution < -0.4 is 10.6 Å². The molecule has 0 atom stereocenters. The zero-order valence-electron chi connectivity index (χ0n) is 16.5. The van der Waals surface area contributed by atoms with Gasteiger partial charge in [0.25, 0.3) is 0 Å². The summed E-state index contributed by atoms with van der Waals surface area (Å²) in [4.78, 5) is 20.3. The van der Waals surface area contributed by atoms with E-state index in [-0.39, 0.29) is 5.91 Å². The van der Waals surface area contributed by atoms with Crippen LogP contribution in [0.5, 0.6) is 0 Å². The lowest BCUT2D eigenvalue weighted by Gasteiger charge is -2.36. The molecule has 9 heteroatoms. The highest BCUT2D eigenvalue weighted by Crippen LogP contribution is 2.11. The van der Waals surface area contributed by atoms with E-state index in [4.69, 9.17) is 4.74 Å². The minimum absolute atomic E-state index is 0.00914. The Morgan fingerprint density at radius 3 is 2.61 bits per heavy atom. The molecule has 0 spiro atoms. The van der Waals surface area contributed by atoms with Crippen LogP contribution in [0.3, 0.4) is 0 Å². The predicted molar refractivity (Wildman–Crippen MR) is 104 cm³/mol. The number of rotatable bonds is 8. The van der Waals surface area contributed by atoms with Crippen LogP contribution in [0.2, 0.25) is 0 Å². The van der Waals surface area contributed by atoms with Crippen LogP contribution in [0.1, 0.15) is 5.56 Å². The van der Waals surface area contributed by atoms with E-state index in [1.807, 2.05) is 0 Å². The predicted octanol–water partition coefficient (Wildman–Crippen LogP) is 0.463. The van der Waals surface area contributed by atoms with Crippen LogP contribution in [0.15, 0.2) is 23.2 Å². The van der Waals surface area contributed by atoms with Gasteiger partial charge in [-0.3, -0.25) is 14.7 Å². The maximum Gasteiger partial charge on any atom is 0.234 e. The van der Waals surface area contributed by atoms with E-state index in [1.54, 1.807) is 20.2 Å². The normalized spacial score (nSPS) is 15.6. The summed E-state index contributed by atoms with van der Waals surface area (Å²) in [6.45, 7) is 4.79. The molecule has 7 nitrogen and oxygen atoms in total. The van der Waals surface area contributed by atoms with Gasteiger partial charge in [-0.2, -0.15) is 0 Å². The summed E-state index contributed by atoms with van der Waals surface area (Å²) in [6, 6.07) is 4.20. The zero-order chi connectivity index (χ0) is 20.4. The van der Waals surface area contributed by atoms with Crippen molar-refractivity contribution in [3.05, 3.63) is 35.4 Å². The average Bonchev–Trinajstić information content (AvgIpc) is 2.69. The Morgan fingerprint density at radius 1 is 1.18 bits per heavy atom. The molecule has 1 fully saturated rings. The van der Waals surface area contributed by atoms with Gasteiger partial charge >= 0.3 is 0 Å². The number of aliphatic imine (C=N–C) groups is 1. The Morgan fingerprint density at radius 2 is 1.93 bits per heavy atom. The maximum absolute atomic E-state index is 13.7. The van der Waals surface area contributed by atoms with Crippen molar-refractivity contribution in [3.8, 4) is 0 Å². The van der Waals surface area contributed by atoms with E-state index in [2.05, 4.69) is 25.4 Å². The molecule has 0 bridgehead atoms. The van der Waals surface area contributed by atoms with Gasteiger partial charge in [-0.15, -0.1) is 0 Å². The fourth-order valence-corrected chi connectivity index (χ4v) is 3.05. The number of piperazine rings is 1. The lowest BCUT2D eigenvalue weighted by Crippen LogP contribution is -2.54. The van der Waals surface area contributed by atoms with Crippen molar-refractivity contribution < 1.29 is 18.3 Å². The lowest BCUT2D eigenvalue weighted by molar-refractivity contribution is -0.122. The van der Waals surface area contributed by atoms with E-state index >= 15 is 0 Å². The SMILES string of the molecule is CN=C(NCCc1cccc(F)c1F)N1CCN(CC(=O)NCCOC)CC1. The number of carbonyl (C=O) groups is 1. The highest BCUT2D eigenvalue weighted by atomic mass is 19.2. The molecule has 0 aliphatic carbocycles. The van der Waals surface area contributed by atoms with Gasteiger partial charge in [0, 0.05) is 53.4 Å². The molecule has 1 aromatic rings. The van der Waals surface area contributed by atoms with Crippen molar-refractivity contribution in [3.63, 3.8) is 0 Å².